The van der Waals surface area contributed by atoms with Crippen LogP contribution in [0.3, 0.4) is 0 Å². The zero-order valence-electron chi connectivity index (χ0n) is 12.2. The van der Waals surface area contributed by atoms with Gasteiger partial charge < -0.3 is 9.84 Å². The van der Waals surface area contributed by atoms with E-state index in [0.29, 0.717) is 17.9 Å². The number of hydrogen-bond acceptors (Lipinski definition) is 4. The average molecular weight is 311 g/mol. The molecule has 1 N–H and O–H groups in total. The zero-order valence-corrected chi connectivity index (χ0v) is 13.0. The van der Waals surface area contributed by atoms with Crippen LogP contribution in [0.5, 0.6) is 0 Å². The van der Waals surface area contributed by atoms with Crippen molar-refractivity contribution in [2.45, 2.75) is 24.3 Å². The molecule has 0 radical (unpaired) electrons. The number of hydrogen-bond donors (Lipinski definition) is 1. The molecular weight excluding hydrogens is 290 g/mol. The summed E-state index contributed by atoms with van der Waals surface area (Å²) in [5, 5.41) is 8.73. The van der Waals surface area contributed by atoms with Crippen molar-refractivity contribution >= 4 is 16.8 Å². The van der Waals surface area contributed by atoms with Gasteiger partial charge in [-0.2, -0.15) is 0 Å². The van der Waals surface area contributed by atoms with Crippen LogP contribution in [0.2, 0.25) is 0 Å². The van der Waals surface area contributed by atoms with Crippen LogP contribution in [0.25, 0.3) is 0 Å². The van der Waals surface area contributed by atoms with Gasteiger partial charge in [0.1, 0.15) is 0 Å². The number of morpholine rings is 1. The molecule has 1 aromatic carbocycles. The van der Waals surface area contributed by atoms with Crippen LogP contribution < -0.4 is 0 Å². The Morgan fingerprint density at radius 3 is 2.76 bits per heavy atom. The highest BCUT2D eigenvalue weighted by Gasteiger charge is 2.21. The number of carbonyl (C=O) groups is 1. The lowest BCUT2D eigenvalue weighted by molar-refractivity contribution is -0.136. The van der Waals surface area contributed by atoms with Gasteiger partial charge in [0.25, 0.3) is 0 Å². The maximum atomic E-state index is 12.3. The quantitative estimate of drug-likeness (QED) is 0.853. The van der Waals surface area contributed by atoms with Crippen LogP contribution in [0.4, 0.5) is 0 Å². The van der Waals surface area contributed by atoms with Gasteiger partial charge in [-0.1, -0.05) is 19.1 Å². The molecule has 2 atom stereocenters. The number of carboxylic acid groups (broad SMARTS) is 1. The van der Waals surface area contributed by atoms with E-state index in [2.05, 4.69) is 11.8 Å². The van der Waals surface area contributed by atoms with Gasteiger partial charge in [-0.15, -0.1) is 0 Å². The predicted octanol–water partition coefficient (Wildman–Crippen LogP) is 1.14. The van der Waals surface area contributed by atoms with Crippen LogP contribution in [0.1, 0.15) is 12.5 Å². The van der Waals surface area contributed by atoms with Crippen molar-refractivity contribution in [1.29, 1.82) is 0 Å². The van der Waals surface area contributed by atoms with Gasteiger partial charge in [-0.3, -0.25) is 13.9 Å². The van der Waals surface area contributed by atoms with Gasteiger partial charge in [0.15, 0.2) is 0 Å². The lowest BCUT2D eigenvalue weighted by Gasteiger charge is -2.31. The summed E-state index contributed by atoms with van der Waals surface area (Å²) in [4.78, 5) is 13.6. The molecule has 1 saturated heterocycles. The van der Waals surface area contributed by atoms with Crippen LogP contribution in [0.15, 0.2) is 29.2 Å². The smallest absolute Gasteiger partial charge is 0.307 e. The molecule has 0 aliphatic carbocycles. The van der Waals surface area contributed by atoms with Crippen LogP contribution in [-0.2, 0) is 26.8 Å². The first-order chi connectivity index (χ1) is 10.1. The maximum absolute atomic E-state index is 12.3. The number of rotatable bonds is 6. The Morgan fingerprint density at radius 1 is 1.43 bits per heavy atom. The minimum absolute atomic E-state index is 0.00164. The molecule has 0 bridgehead atoms. The maximum Gasteiger partial charge on any atom is 0.307 e. The van der Waals surface area contributed by atoms with Gasteiger partial charge in [-0.05, 0) is 24.2 Å². The average Bonchev–Trinajstić information content (AvgIpc) is 2.47. The van der Waals surface area contributed by atoms with Gasteiger partial charge >= 0.3 is 5.97 Å². The highest BCUT2D eigenvalue weighted by atomic mass is 32.2. The summed E-state index contributed by atoms with van der Waals surface area (Å²) >= 11 is 0. The summed E-state index contributed by atoms with van der Waals surface area (Å²) in [7, 11) is -1.12. The number of aliphatic carboxylic acids is 1. The molecule has 0 spiro atoms. The summed E-state index contributed by atoms with van der Waals surface area (Å²) < 4.78 is 18.0. The molecule has 116 valence electrons. The molecule has 1 heterocycles. The van der Waals surface area contributed by atoms with Gasteiger partial charge in [0.2, 0.25) is 0 Å². The fourth-order valence-corrected chi connectivity index (χ4v) is 3.54. The van der Waals surface area contributed by atoms with Gasteiger partial charge in [-0.25, -0.2) is 0 Å². The van der Waals surface area contributed by atoms with Crippen molar-refractivity contribution < 1.29 is 18.8 Å². The molecule has 6 heteroatoms. The molecule has 2 unspecified atom stereocenters. The summed E-state index contributed by atoms with van der Waals surface area (Å²) in [6, 6.07) is 6.94. The zero-order chi connectivity index (χ0) is 15.2. The Bertz CT molecular complexity index is 503. The second kappa shape index (κ2) is 7.68. The predicted molar refractivity (Wildman–Crippen MR) is 80.9 cm³/mol. The van der Waals surface area contributed by atoms with E-state index in [4.69, 9.17) is 9.84 Å². The third-order valence-corrected chi connectivity index (χ3v) is 5.02. The Labute approximate surface area is 127 Å². The minimum atomic E-state index is -1.12. The van der Waals surface area contributed by atoms with E-state index in [0.717, 1.165) is 24.5 Å². The molecule has 2 rings (SSSR count). The van der Waals surface area contributed by atoms with Crippen molar-refractivity contribution in [3.05, 3.63) is 29.8 Å². The first-order valence-electron chi connectivity index (χ1n) is 7.11. The van der Waals surface area contributed by atoms with Crippen LogP contribution in [0, 0.1) is 0 Å². The van der Waals surface area contributed by atoms with E-state index in [1.54, 1.807) is 24.3 Å². The van der Waals surface area contributed by atoms with E-state index >= 15 is 0 Å². The van der Waals surface area contributed by atoms with Crippen molar-refractivity contribution in [2.24, 2.45) is 0 Å². The van der Waals surface area contributed by atoms with E-state index < -0.39 is 16.8 Å². The van der Waals surface area contributed by atoms with Gasteiger partial charge in [0, 0.05) is 18.0 Å². The third kappa shape index (κ3) is 4.91. The topological polar surface area (TPSA) is 66.8 Å². The number of nitrogens with zero attached hydrogens (tertiary/aromatic N) is 1. The Kier molecular flexibility index (Phi) is 5.90. The minimum Gasteiger partial charge on any atom is -0.481 e. The summed E-state index contributed by atoms with van der Waals surface area (Å²) in [6.07, 6.45) is -0.0114. The first kappa shape index (κ1) is 16.1. The number of carboxylic acids is 1. The third-order valence-electron chi connectivity index (χ3n) is 3.55. The highest BCUT2D eigenvalue weighted by molar-refractivity contribution is 7.85. The molecule has 1 aromatic rings. The van der Waals surface area contributed by atoms with E-state index in [1.165, 1.54) is 0 Å². The molecule has 5 nitrogen and oxygen atoms in total. The van der Waals surface area contributed by atoms with Crippen molar-refractivity contribution in [3.63, 3.8) is 0 Å². The fraction of sp³-hybridized carbons (Fsp3) is 0.533. The second-order valence-electron chi connectivity index (χ2n) is 5.11. The number of ether oxygens (including phenoxy) is 1. The lowest BCUT2D eigenvalue weighted by atomic mass is 10.2. The molecule has 0 saturated carbocycles. The molecule has 1 aliphatic heterocycles. The van der Waals surface area contributed by atoms with E-state index in [1.807, 2.05) is 0 Å². The van der Waals surface area contributed by atoms with Crippen molar-refractivity contribution in [3.8, 4) is 0 Å². The number of likely N-dealkylation sites (N-methyl/N-ethyl adjacent to an activating group) is 1. The number of benzene rings is 1. The molecular formula is C15H21NO4S. The summed E-state index contributed by atoms with van der Waals surface area (Å²) in [5.74, 6) is -0.381. The first-order valence-corrected chi connectivity index (χ1v) is 8.43. The molecule has 1 aliphatic rings. The fourth-order valence-electron chi connectivity index (χ4n) is 2.37. The Morgan fingerprint density at radius 2 is 2.14 bits per heavy atom. The van der Waals surface area contributed by atoms with Crippen molar-refractivity contribution in [1.82, 2.24) is 4.90 Å². The standard InChI is InChI=1S/C15H21NO4S/c1-2-16-7-8-20-13(10-16)11-21(19)14-5-3-12(4-6-14)9-15(17)18/h3-6,13H,2,7-11H2,1H3,(H,17,18). The molecule has 1 fully saturated rings. The molecule has 0 aromatic heterocycles. The van der Waals surface area contributed by atoms with Gasteiger partial charge in [0.05, 0.1) is 35.7 Å². The van der Waals surface area contributed by atoms with E-state index in [9.17, 15) is 9.00 Å². The lowest BCUT2D eigenvalue weighted by Crippen LogP contribution is -2.44. The molecule has 0 amide bonds. The monoisotopic (exact) mass is 311 g/mol. The van der Waals surface area contributed by atoms with Crippen LogP contribution in [-0.4, -0.2) is 58.3 Å². The second-order valence-corrected chi connectivity index (χ2v) is 6.61. The van der Waals surface area contributed by atoms with Crippen molar-refractivity contribution in [2.75, 3.05) is 32.0 Å². The van der Waals surface area contributed by atoms with Crippen LogP contribution >= 0.6 is 0 Å². The summed E-state index contributed by atoms with van der Waals surface area (Å²) in [5.41, 5.74) is 0.717. The Balaban J connectivity index is 1.92. The summed E-state index contributed by atoms with van der Waals surface area (Å²) in [6.45, 7) is 5.53. The Hall–Kier alpha value is -1.24. The SMILES string of the molecule is CCN1CCOC(CS(=O)c2ccc(CC(=O)O)cc2)C1. The normalized spacial score (nSPS) is 21.1. The molecule has 21 heavy (non-hydrogen) atoms. The highest BCUT2D eigenvalue weighted by Crippen LogP contribution is 2.13. The largest absolute Gasteiger partial charge is 0.481 e. The van der Waals surface area contributed by atoms with E-state index in [-0.39, 0.29) is 12.5 Å².